The van der Waals surface area contributed by atoms with E-state index in [0.29, 0.717) is 12.4 Å². The minimum atomic E-state index is -0.143. The topological polar surface area (TPSA) is 45.2 Å². The zero-order valence-electron chi connectivity index (χ0n) is 9.97. The van der Waals surface area contributed by atoms with Crippen LogP contribution in [0.1, 0.15) is 6.92 Å². The Morgan fingerprint density at radius 2 is 2.06 bits per heavy atom. The number of fused-ring (bicyclic) bond motifs is 1. The van der Waals surface area contributed by atoms with Crippen LogP contribution in [0.5, 0.6) is 0 Å². The average molecular weight is 229 g/mol. The van der Waals surface area contributed by atoms with E-state index in [-0.39, 0.29) is 6.03 Å². The van der Waals surface area contributed by atoms with E-state index in [9.17, 15) is 4.79 Å². The van der Waals surface area contributed by atoms with Gasteiger partial charge in [-0.25, -0.2) is 9.78 Å². The van der Waals surface area contributed by atoms with E-state index in [4.69, 9.17) is 0 Å². The van der Waals surface area contributed by atoms with E-state index >= 15 is 0 Å². The molecular formula is C13H15N3O. The smallest absolute Gasteiger partial charge is 0.322 e. The first-order chi connectivity index (χ1) is 8.20. The monoisotopic (exact) mass is 229 g/mol. The molecule has 1 aromatic carbocycles. The van der Waals surface area contributed by atoms with Gasteiger partial charge in [0.2, 0.25) is 0 Å². The number of carbonyl (C=O) groups excluding carboxylic acids is 1. The number of carbonyl (C=O) groups is 1. The molecule has 4 heteroatoms. The van der Waals surface area contributed by atoms with E-state index in [1.807, 2.05) is 43.3 Å². The summed E-state index contributed by atoms with van der Waals surface area (Å²) in [6.07, 6.45) is 0. The summed E-state index contributed by atoms with van der Waals surface area (Å²) in [5.74, 6) is 0.578. The molecule has 0 unspecified atom stereocenters. The number of anilines is 1. The molecule has 2 amide bonds. The summed E-state index contributed by atoms with van der Waals surface area (Å²) in [6.45, 7) is 2.59. The van der Waals surface area contributed by atoms with Gasteiger partial charge in [-0.15, -0.1) is 0 Å². The van der Waals surface area contributed by atoms with Crippen LogP contribution in [0.25, 0.3) is 10.9 Å². The van der Waals surface area contributed by atoms with E-state index in [1.165, 1.54) is 0 Å². The Labute approximate surface area is 100 Å². The molecule has 0 saturated carbocycles. The van der Waals surface area contributed by atoms with Crippen molar-refractivity contribution in [2.75, 3.05) is 18.9 Å². The van der Waals surface area contributed by atoms with Crippen molar-refractivity contribution in [2.45, 2.75) is 6.92 Å². The summed E-state index contributed by atoms with van der Waals surface area (Å²) < 4.78 is 0. The van der Waals surface area contributed by atoms with Gasteiger partial charge in [-0.1, -0.05) is 18.2 Å². The third kappa shape index (κ3) is 2.53. The molecule has 0 saturated heterocycles. The molecule has 0 aliphatic carbocycles. The summed E-state index contributed by atoms with van der Waals surface area (Å²) in [4.78, 5) is 17.6. The fourth-order valence-corrected chi connectivity index (χ4v) is 1.48. The molecule has 1 aromatic heterocycles. The summed E-state index contributed by atoms with van der Waals surface area (Å²) in [7, 11) is 1.75. The van der Waals surface area contributed by atoms with Gasteiger partial charge >= 0.3 is 6.03 Å². The fourth-order valence-electron chi connectivity index (χ4n) is 1.48. The SMILES string of the molecule is CCN(C)C(=O)Nc1ccc2ccccc2n1. The second-order valence-electron chi connectivity index (χ2n) is 3.83. The van der Waals surface area contributed by atoms with Gasteiger partial charge in [-0.05, 0) is 25.1 Å². The first-order valence-corrected chi connectivity index (χ1v) is 5.58. The van der Waals surface area contributed by atoms with Crippen LogP contribution in [0.4, 0.5) is 10.6 Å². The Kier molecular flexibility index (Phi) is 3.23. The van der Waals surface area contributed by atoms with Gasteiger partial charge in [0.15, 0.2) is 0 Å². The number of nitrogens with zero attached hydrogens (tertiary/aromatic N) is 2. The van der Waals surface area contributed by atoms with Gasteiger partial charge < -0.3 is 4.90 Å². The highest BCUT2D eigenvalue weighted by Gasteiger charge is 2.07. The number of benzene rings is 1. The second kappa shape index (κ2) is 4.82. The van der Waals surface area contributed by atoms with E-state index in [1.54, 1.807) is 11.9 Å². The van der Waals surface area contributed by atoms with Crippen molar-refractivity contribution in [1.29, 1.82) is 0 Å². The van der Waals surface area contributed by atoms with Gasteiger partial charge in [0.1, 0.15) is 5.82 Å². The number of urea groups is 1. The lowest BCUT2D eigenvalue weighted by molar-refractivity contribution is 0.224. The van der Waals surface area contributed by atoms with Crippen molar-refractivity contribution in [3.8, 4) is 0 Å². The molecule has 0 spiro atoms. The third-order valence-electron chi connectivity index (χ3n) is 2.65. The molecule has 0 bridgehead atoms. The first kappa shape index (κ1) is 11.4. The fraction of sp³-hybridized carbons (Fsp3) is 0.231. The molecular weight excluding hydrogens is 214 g/mol. The zero-order valence-corrected chi connectivity index (χ0v) is 9.97. The van der Waals surface area contributed by atoms with Crippen LogP contribution in [0, 0.1) is 0 Å². The summed E-state index contributed by atoms with van der Waals surface area (Å²) >= 11 is 0. The Hall–Kier alpha value is -2.10. The lowest BCUT2D eigenvalue weighted by atomic mass is 10.2. The second-order valence-corrected chi connectivity index (χ2v) is 3.83. The van der Waals surface area contributed by atoms with Crippen LogP contribution in [0.3, 0.4) is 0 Å². The maximum Gasteiger partial charge on any atom is 0.322 e. The highest BCUT2D eigenvalue weighted by atomic mass is 16.2. The van der Waals surface area contributed by atoms with Crippen molar-refractivity contribution in [3.05, 3.63) is 36.4 Å². The van der Waals surface area contributed by atoms with Crippen molar-refractivity contribution in [1.82, 2.24) is 9.88 Å². The summed E-state index contributed by atoms with van der Waals surface area (Å²) in [6, 6.07) is 11.4. The highest BCUT2D eigenvalue weighted by Crippen LogP contribution is 2.14. The number of amides is 2. The molecule has 0 fully saturated rings. The van der Waals surface area contributed by atoms with Gasteiger partial charge in [0.25, 0.3) is 0 Å². The minimum absolute atomic E-state index is 0.143. The Balaban J connectivity index is 2.22. The third-order valence-corrected chi connectivity index (χ3v) is 2.65. The number of para-hydroxylation sites is 1. The maximum absolute atomic E-state index is 11.7. The molecule has 0 radical (unpaired) electrons. The van der Waals surface area contributed by atoms with Gasteiger partial charge in [0.05, 0.1) is 5.52 Å². The quantitative estimate of drug-likeness (QED) is 0.860. The van der Waals surface area contributed by atoms with E-state index < -0.39 is 0 Å². The van der Waals surface area contributed by atoms with Crippen molar-refractivity contribution >= 4 is 22.8 Å². The molecule has 1 heterocycles. The Morgan fingerprint density at radius 3 is 2.82 bits per heavy atom. The average Bonchev–Trinajstić information content (AvgIpc) is 2.37. The molecule has 88 valence electrons. The van der Waals surface area contributed by atoms with E-state index in [2.05, 4.69) is 10.3 Å². The summed E-state index contributed by atoms with van der Waals surface area (Å²) in [5.41, 5.74) is 0.879. The standard InChI is InChI=1S/C13H15N3O/c1-3-16(2)13(17)15-12-9-8-10-6-4-5-7-11(10)14-12/h4-9H,3H2,1-2H3,(H,14,15,17). The minimum Gasteiger partial charge on any atom is -0.328 e. The largest absolute Gasteiger partial charge is 0.328 e. The number of pyridine rings is 1. The zero-order chi connectivity index (χ0) is 12.3. The highest BCUT2D eigenvalue weighted by molar-refractivity contribution is 5.90. The predicted molar refractivity (Wildman–Crippen MR) is 69.1 cm³/mol. The number of nitrogens with one attached hydrogen (secondary N) is 1. The van der Waals surface area contributed by atoms with Crippen molar-refractivity contribution < 1.29 is 4.79 Å². The summed E-state index contributed by atoms with van der Waals surface area (Å²) in [5, 5.41) is 3.82. The van der Waals surface area contributed by atoms with Crippen LogP contribution < -0.4 is 5.32 Å². The molecule has 0 aliphatic heterocycles. The number of hydrogen-bond acceptors (Lipinski definition) is 2. The van der Waals surface area contributed by atoms with Gasteiger partial charge in [-0.2, -0.15) is 0 Å². The molecule has 1 N–H and O–H groups in total. The number of hydrogen-bond donors (Lipinski definition) is 1. The first-order valence-electron chi connectivity index (χ1n) is 5.58. The lowest BCUT2D eigenvalue weighted by Crippen LogP contribution is -2.31. The molecule has 0 aliphatic rings. The maximum atomic E-state index is 11.7. The van der Waals surface area contributed by atoms with Crippen LogP contribution in [-0.4, -0.2) is 29.5 Å². The molecule has 4 nitrogen and oxygen atoms in total. The lowest BCUT2D eigenvalue weighted by Gasteiger charge is -2.15. The van der Waals surface area contributed by atoms with Crippen LogP contribution in [0.15, 0.2) is 36.4 Å². The van der Waals surface area contributed by atoms with Crippen molar-refractivity contribution in [2.24, 2.45) is 0 Å². The normalized spacial score (nSPS) is 10.2. The predicted octanol–water partition coefficient (Wildman–Crippen LogP) is 2.72. The molecule has 2 rings (SSSR count). The van der Waals surface area contributed by atoms with Gasteiger partial charge in [-0.3, -0.25) is 5.32 Å². The molecule has 2 aromatic rings. The van der Waals surface area contributed by atoms with Crippen LogP contribution in [0.2, 0.25) is 0 Å². The molecule has 0 atom stereocenters. The van der Waals surface area contributed by atoms with Gasteiger partial charge in [0, 0.05) is 19.0 Å². The number of aromatic nitrogens is 1. The Morgan fingerprint density at radius 1 is 1.29 bits per heavy atom. The number of rotatable bonds is 2. The van der Waals surface area contributed by atoms with Crippen LogP contribution in [-0.2, 0) is 0 Å². The van der Waals surface area contributed by atoms with Crippen molar-refractivity contribution in [3.63, 3.8) is 0 Å². The molecule has 17 heavy (non-hydrogen) atoms. The Bertz CT molecular complexity index is 539. The van der Waals surface area contributed by atoms with Crippen LogP contribution >= 0.6 is 0 Å². The van der Waals surface area contributed by atoms with E-state index in [0.717, 1.165) is 10.9 Å².